The average Bonchev–Trinajstić information content (AvgIpc) is 2.82. The second kappa shape index (κ2) is 12.4. The van der Waals surface area contributed by atoms with E-state index < -0.39 is 24.3 Å². The van der Waals surface area contributed by atoms with Crippen LogP contribution < -0.4 is 0 Å². The number of aliphatic hydroxyl groups excluding tert-OH is 3. The van der Waals surface area contributed by atoms with Crippen LogP contribution in [-0.2, 0) is 4.79 Å². The van der Waals surface area contributed by atoms with E-state index in [-0.39, 0.29) is 18.3 Å². The second-order valence-electron chi connectivity index (χ2n) is 7.41. The summed E-state index contributed by atoms with van der Waals surface area (Å²) in [5, 5.41) is 39.0. The SMILES string of the molecule is CCCCC[C@H](O)/C=C/[C@@H]1[C@H](CCCCCCC(=O)O)[C@H](O)C[C@H]1O. The molecule has 0 aliphatic heterocycles. The highest BCUT2D eigenvalue weighted by molar-refractivity contribution is 5.66. The predicted molar refractivity (Wildman–Crippen MR) is 98.2 cm³/mol. The summed E-state index contributed by atoms with van der Waals surface area (Å²) < 4.78 is 0. The van der Waals surface area contributed by atoms with Gasteiger partial charge in [0.05, 0.1) is 18.3 Å². The molecule has 0 bridgehead atoms. The van der Waals surface area contributed by atoms with Crippen molar-refractivity contribution >= 4 is 5.97 Å². The molecule has 4 N–H and O–H groups in total. The topological polar surface area (TPSA) is 98.0 Å². The molecule has 0 saturated heterocycles. The highest BCUT2D eigenvalue weighted by atomic mass is 16.4. The van der Waals surface area contributed by atoms with Crippen LogP contribution in [0.5, 0.6) is 0 Å². The van der Waals surface area contributed by atoms with Crippen molar-refractivity contribution in [3.63, 3.8) is 0 Å². The van der Waals surface area contributed by atoms with E-state index in [9.17, 15) is 20.1 Å². The van der Waals surface area contributed by atoms with Crippen LogP contribution in [-0.4, -0.2) is 44.7 Å². The third-order valence-electron chi connectivity index (χ3n) is 5.25. The van der Waals surface area contributed by atoms with Gasteiger partial charge < -0.3 is 20.4 Å². The molecule has 1 rings (SSSR count). The van der Waals surface area contributed by atoms with Crippen molar-refractivity contribution in [1.29, 1.82) is 0 Å². The Morgan fingerprint density at radius 1 is 1.08 bits per heavy atom. The maximum atomic E-state index is 10.5. The zero-order valence-electron chi connectivity index (χ0n) is 15.5. The summed E-state index contributed by atoms with van der Waals surface area (Å²) >= 11 is 0. The number of aliphatic hydroxyl groups is 3. The number of hydrogen-bond donors (Lipinski definition) is 4. The lowest BCUT2D eigenvalue weighted by Gasteiger charge is -2.21. The Morgan fingerprint density at radius 3 is 2.48 bits per heavy atom. The molecular weight excluding hydrogens is 320 g/mol. The Labute approximate surface area is 151 Å². The Kier molecular flexibility index (Phi) is 11.0. The van der Waals surface area contributed by atoms with E-state index in [1.807, 2.05) is 6.08 Å². The number of aliphatic carboxylic acids is 1. The number of rotatable bonds is 13. The molecule has 5 atom stereocenters. The monoisotopic (exact) mass is 356 g/mol. The van der Waals surface area contributed by atoms with Gasteiger partial charge in [0, 0.05) is 18.8 Å². The van der Waals surface area contributed by atoms with Gasteiger partial charge in [-0.1, -0.05) is 57.6 Å². The fraction of sp³-hybridized carbons (Fsp3) is 0.850. The van der Waals surface area contributed by atoms with E-state index >= 15 is 0 Å². The van der Waals surface area contributed by atoms with Crippen LogP contribution in [0.3, 0.4) is 0 Å². The molecule has 0 heterocycles. The molecule has 1 saturated carbocycles. The molecule has 0 aromatic heterocycles. The zero-order valence-corrected chi connectivity index (χ0v) is 15.5. The van der Waals surface area contributed by atoms with Crippen molar-refractivity contribution in [2.24, 2.45) is 11.8 Å². The van der Waals surface area contributed by atoms with Gasteiger partial charge in [0.2, 0.25) is 0 Å². The summed E-state index contributed by atoms with van der Waals surface area (Å²) in [5.41, 5.74) is 0. The Balaban J connectivity index is 2.38. The maximum Gasteiger partial charge on any atom is 0.303 e. The maximum absolute atomic E-state index is 10.5. The van der Waals surface area contributed by atoms with Crippen molar-refractivity contribution < 1.29 is 25.2 Å². The van der Waals surface area contributed by atoms with Gasteiger partial charge in [0.1, 0.15) is 0 Å². The summed E-state index contributed by atoms with van der Waals surface area (Å²) in [6.07, 6.45) is 11.0. The smallest absolute Gasteiger partial charge is 0.303 e. The van der Waals surface area contributed by atoms with Crippen LogP contribution in [0.2, 0.25) is 0 Å². The summed E-state index contributed by atoms with van der Waals surface area (Å²) in [7, 11) is 0. The van der Waals surface area contributed by atoms with E-state index in [0.717, 1.165) is 51.4 Å². The number of carboxylic acids is 1. The molecule has 0 aromatic carbocycles. The van der Waals surface area contributed by atoms with Gasteiger partial charge in [0.25, 0.3) is 0 Å². The van der Waals surface area contributed by atoms with E-state index in [2.05, 4.69) is 6.92 Å². The van der Waals surface area contributed by atoms with E-state index in [4.69, 9.17) is 5.11 Å². The van der Waals surface area contributed by atoms with E-state index in [0.29, 0.717) is 12.8 Å². The first-order valence-corrected chi connectivity index (χ1v) is 9.90. The van der Waals surface area contributed by atoms with Crippen LogP contribution in [0.4, 0.5) is 0 Å². The average molecular weight is 357 g/mol. The second-order valence-corrected chi connectivity index (χ2v) is 7.41. The van der Waals surface area contributed by atoms with Crippen molar-refractivity contribution in [2.45, 2.75) is 95.9 Å². The minimum atomic E-state index is -0.753. The summed E-state index contributed by atoms with van der Waals surface area (Å²) in [4.78, 5) is 10.5. The minimum Gasteiger partial charge on any atom is -0.481 e. The highest BCUT2D eigenvalue weighted by Gasteiger charge is 2.39. The van der Waals surface area contributed by atoms with Gasteiger partial charge in [-0.3, -0.25) is 4.79 Å². The molecule has 146 valence electrons. The Bertz CT molecular complexity index is 396. The third kappa shape index (κ3) is 8.84. The predicted octanol–water partition coefficient (Wildman–Crippen LogP) is 3.27. The first-order valence-electron chi connectivity index (χ1n) is 9.90. The molecule has 5 nitrogen and oxygen atoms in total. The molecule has 0 spiro atoms. The molecule has 1 fully saturated rings. The highest BCUT2D eigenvalue weighted by Crippen LogP contribution is 2.37. The first kappa shape index (κ1) is 22.1. The number of carbonyl (C=O) groups is 1. The molecule has 25 heavy (non-hydrogen) atoms. The molecule has 0 aromatic rings. The first-order chi connectivity index (χ1) is 12.0. The van der Waals surface area contributed by atoms with E-state index in [1.165, 1.54) is 0 Å². The minimum absolute atomic E-state index is 0.0218. The van der Waals surface area contributed by atoms with Gasteiger partial charge in [-0.15, -0.1) is 0 Å². The lowest BCUT2D eigenvalue weighted by molar-refractivity contribution is -0.137. The van der Waals surface area contributed by atoms with Crippen LogP contribution in [0.15, 0.2) is 12.2 Å². The zero-order chi connectivity index (χ0) is 18.7. The number of unbranched alkanes of at least 4 members (excludes halogenated alkanes) is 5. The van der Waals surface area contributed by atoms with Gasteiger partial charge in [-0.25, -0.2) is 0 Å². The lowest BCUT2D eigenvalue weighted by Crippen LogP contribution is -2.21. The summed E-state index contributed by atoms with van der Waals surface area (Å²) in [6, 6.07) is 0. The molecule has 1 aliphatic rings. The number of carboxylic acid groups (broad SMARTS) is 1. The standard InChI is InChI=1S/C20H36O5/c1-2-3-6-9-15(21)12-13-17-16(18(22)14-19(17)23)10-7-4-5-8-11-20(24)25/h12-13,15-19,21-23H,2-11,14H2,1H3,(H,24,25)/b13-12+/t15-,16-,17+,18+,19+/m0/s1. The molecule has 0 unspecified atom stereocenters. The van der Waals surface area contributed by atoms with Gasteiger partial charge in [-0.2, -0.15) is 0 Å². The quantitative estimate of drug-likeness (QED) is 0.300. The third-order valence-corrected chi connectivity index (χ3v) is 5.25. The normalized spacial score (nSPS) is 27.8. The fourth-order valence-electron chi connectivity index (χ4n) is 3.74. The Hall–Kier alpha value is -0.910. The summed E-state index contributed by atoms with van der Waals surface area (Å²) in [5.74, 6) is -0.833. The van der Waals surface area contributed by atoms with Crippen LogP contribution in [0.25, 0.3) is 0 Å². The molecule has 0 amide bonds. The van der Waals surface area contributed by atoms with Crippen LogP contribution in [0.1, 0.15) is 77.6 Å². The fourth-order valence-corrected chi connectivity index (χ4v) is 3.74. The Morgan fingerprint density at radius 2 is 1.80 bits per heavy atom. The van der Waals surface area contributed by atoms with Crippen molar-refractivity contribution in [2.75, 3.05) is 0 Å². The van der Waals surface area contributed by atoms with Crippen LogP contribution in [0, 0.1) is 11.8 Å². The van der Waals surface area contributed by atoms with Crippen molar-refractivity contribution in [1.82, 2.24) is 0 Å². The van der Waals surface area contributed by atoms with Crippen LogP contribution >= 0.6 is 0 Å². The largest absolute Gasteiger partial charge is 0.481 e. The van der Waals surface area contributed by atoms with E-state index in [1.54, 1.807) is 6.08 Å². The lowest BCUT2D eigenvalue weighted by atomic mass is 9.88. The van der Waals surface area contributed by atoms with Gasteiger partial charge in [0.15, 0.2) is 0 Å². The molecule has 0 radical (unpaired) electrons. The van der Waals surface area contributed by atoms with Gasteiger partial charge in [-0.05, 0) is 25.2 Å². The molecular formula is C20H36O5. The molecule has 5 heteroatoms. The van der Waals surface area contributed by atoms with Gasteiger partial charge >= 0.3 is 5.97 Å². The van der Waals surface area contributed by atoms with Crippen molar-refractivity contribution in [3.8, 4) is 0 Å². The summed E-state index contributed by atoms with van der Waals surface area (Å²) in [6.45, 7) is 2.13. The number of hydrogen-bond acceptors (Lipinski definition) is 4. The van der Waals surface area contributed by atoms with Crippen molar-refractivity contribution in [3.05, 3.63) is 12.2 Å². The molecule has 1 aliphatic carbocycles.